The molecule has 0 radical (unpaired) electrons. The summed E-state index contributed by atoms with van der Waals surface area (Å²) < 4.78 is 12.2. The van der Waals surface area contributed by atoms with Crippen molar-refractivity contribution in [2.75, 3.05) is 0 Å². The Morgan fingerprint density at radius 3 is 1.78 bits per heavy atom. The summed E-state index contributed by atoms with van der Waals surface area (Å²) in [5.41, 5.74) is -0.611. The molecule has 1 saturated heterocycles. The average Bonchev–Trinajstić information content (AvgIpc) is 2.24. The molecule has 0 N–H and O–H groups in total. The molecule has 1 rings (SSSR count). The summed E-state index contributed by atoms with van der Waals surface area (Å²) in [6.45, 7) is 22.9. The number of hydrogen-bond donors (Lipinski definition) is 0. The largest absolute Gasteiger partial charge is 0.492 e. The van der Waals surface area contributed by atoms with Crippen LogP contribution in [0.15, 0.2) is 24.7 Å². The lowest BCUT2D eigenvalue weighted by Crippen LogP contribution is -2.37. The molecule has 0 aliphatic carbocycles. The van der Waals surface area contributed by atoms with Gasteiger partial charge in [0.2, 0.25) is 0 Å². The predicted octanol–water partition coefficient (Wildman–Crippen LogP) is 4.53. The third-order valence-electron chi connectivity index (χ3n) is 4.67. The summed E-state index contributed by atoms with van der Waals surface area (Å²) in [5, 5.41) is 0. The molecule has 0 aromatic carbocycles. The fourth-order valence-corrected chi connectivity index (χ4v) is 2.31. The highest BCUT2D eigenvalue weighted by molar-refractivity contribution is 5.07. The molecule has 2 heteroatoms. The summed E-state index contributed by atoms with van der Waals surface area (Å²) in [6, 6.07) is 0. The SMILES string of the molecule is C=C1OC(C)(C)[C@H](C)C(=C)OC(C)(C)[C@H](C)C1C. The molecule has 18 heavy (non-hydrogen) atoms. The molecule has 0 amide bonds. The first-order valence-corrected chi connectivity index (χ1v) is 6.74. The molecule has 0 aromatic rings. The van der Waals surface area contributed by atoms with Crippen LogP contribution in [0, 0.1) is 17.8 Å². The monoisotopic (exact) mass is 252 g/mol. The van der Waals surface area contributed by atoms with Gasteiger partial charge in [-0.05, 0) is 27.7 Å². The van der Waals surface area contributed by atoms with Crippen LogP contribution in [0.1, 0.15) is 48.5 Å². The first kappa shape index (κ1) is 15.1. The van der Waals surface area contributed by atoms with E-state index in [0.717, 1.165) is 11.5 Å². The highest BCUT2D eigenvalue weighted by Gasteiger charge is 2.41. The molecule has 1 aliphatic rings. The van der Waals surface area contributed by atoms with E-state index in [4.69, 9.17) is 9.47 Å². The Morgan fingerprint density at radius 1 is 0.833 bits per heavy atom. The van der Waals surface area contributed by atoms with Crippen LogP contribution in [0.2, 0.25) is 0 Å². The van der Waals surface area contributed by atoms with Gasteiger partial charge >= 0.3 is 0 Å². The molecule has 1 unspecified atom stereocenters. The fourth-order valence-electron chi connectivity index (χ4n) is 2.31. The van der Waals surface area contributed by atoms with Crippen LogP contribution in [0.4, 0.5) is 0 Å². The summed E-state index contributed by atoms with van der Waals surface area (Å²) in [7, 11) is 0. The molecule has 1 heterocycles. The Morgan fingerprint density at radius 2 is 1.28 bits per heavy atom. The van der Waals surface area contributed by atoms with Crippen molar-refractivity contribution < 1.29 is 9.47 Å². The Kier molecular flexibility index (Phi) is 3.90. The molecule has 104 valence electrons. The van der Waals surface area contributed by atoms with Crippen molar-refractivity contribution in [3.05, 3.63) is 24.7 Å². The van der Waals surface area contributed by atoms with Crippen molar-refractivity contribution in [2.24, 2.45) is 17.8 Å². The number of allylic oxidation sites excluding steroid dienone is 1. The van der Waals surface area contributed by atoms with Gasteiger partial charge in [0.05, 0.1) is 17.4 Å². The Labute approximate surface area is 112 Å². The number of hydrogen-bond acceptors (Lipinski definition) is 2. The Balaban J connectivity index is 3.18. The van der Waals surface area contributed by atoms with Gasteiger partial charge in [-0.15, -0.1) is 0 Å². The van der Waals surface area contributed by atoms with Crippen LogP contribution in [-0.4, -0.2) is 11.2 Å². The van der Waals surface area contributed by atoms with Crippen LogP contribution in [0.25, 0.3) is 0 Å². The zero-order valence-corrected chi connectivity index (χ0v) is 13.0. The van der Waals surface area contributed by atoms with Gasteiger partial charge in [0.15, 0.2) is 0 Å². The molecule has 0 spiro atoms. The van der Waals surface area contributed by atoms with E-state index in [9.17, 15) is 0 Å². The second kappa shape index (κ2) is 4.64. The maximum absolute atomic E-state index is 6.12. The normalized spacial score (nSPS) is 35.8. The summed E-state index contributed by atoms with van der Waals surface area (Å²) in [5.74, 6) is 2.30. The summed E-state index contributed by atoms with van der Waals surface area (Å²) >= 11 is 0. The van der Waals surface area contributed by atoms with E-state index in [-0.39, 0.29) is 23.0 Å². The molecule has 0 aromatic heterocycles. The second-order valence-electron chi connectivity index (χ2n) is 6.64. The molecule has 2 nitrogen and oxygen atoms in total. The maximum atomic E-state index is 6.12. The minimum Gasteiger partial charge on any atom is -0.492 e. The van der Waals surface area contributed by atoms with E-state index in [1.807, 2.05) is 0 Å². The topological polar surface area (TPSA) is 18.5 Å². The molecular formula is C16H28O2. The van der Waals surface area contributed by atoms with Crippen LogP contribution in [0.3, 0.4) is 0 Å². The van der Waals surface area contributed by atoms with Crippen molar-refractivity contribution >= 4 is 0 Å². The van der Waals surface area contributed by atoms with Crippen molar-refractivity contribution in [3.63, 3.8) is 0 Å². The zero-order valence-electron chi connectivity index (χ0n) is 13.0. The van der Waals surface area contributed by atoms with Crippen LogP contribution in [-0.2, 0) is 9.47 Å². The van der Waals surface area contributed by atoms with E-state index in [1.54, 1.807) is 0 Å². The lowest BCUT2D eigenvalue weighted by Gasteiger charge is -2.36. The predicted molar refractivity (Wildman–Crippen MR) is 76.1 cm³/mol. The number of rotatable bonds is 0. The van der Waals surface area contributed by atoms with E-state index < -0.39 is 0 Å². The molecular weight excluding hydrogens is 224 g/mol. The third-order valence-corrected chi connectivity index (χ3v) is 4.67. The minimum atomic E-state index is -0.345. The standard InChI is InChI=1S/C16H28O2/c1-10-11(2)15(6,7)18-14(5)12(3)16(8,9)17-13(10)4/h10-12H,4-5H2,1-3,6-9H3/t10?,11-,12-/m1/s1. The first-order chi connectivity index (χ1) is 7.99. The van der Waals surface area contributed by atoms with Gasteiger partial charge in [-0.25, -0.2) is 0 Å². The quantitative estimate of drug-likeness (QED) is 0.631. The lowest BCUT2D eigenvalue weighted by molar-refractivity contribution is -0.0415. The zero-order chi connectivity index (χ0) is 14.3. The van der Waals surface area contributed by atoms with E-state index in [1.165, 1.54) is 0 Å². The smallest absolute Gasteiger partial charge is 0.112 e. The number of ether oxygens (including phenoxy) is 2. The van der Waals surface area contributed by atoms with E-state index >= 15 is 0 Å². The molecule has 1 aliphatic heterocycles. The lowest BCUT2D eigenvalue weighted by atomic mass is 9.81. The van der Waals surface area contributed by atoms with Gasteiger partial charge in [0, 0.05) is 11.8 Å². The molecule has 3 atom stereocenters. The van der Waals surface area contributed by atoms with Crippen molar-refractivity contribution in [1.82, 2.24) is 0 Å². The summed E-state index contributed by atoms with van der Waals surface area (Å²) in [4.78, 5) is 0. The van der Waals surface area contributed by atoms with Crippen molar-refractivity contribution in [2.45, 2.75) is 59.7 Å². The van der Waals surface area contributed by atoms with E-state index in [0.29, 0.717) is 5.92 Å². The van der Waals surface area contributed by atoms with Gasteiger partial charge in [0.25, 0.3) is 0 Å². The molecule has 1 fully saturated rings. The third kappa shape index (κ3) is 2.73. The van der Waals surface area contributed by atoms with E-state index in [2.05, 4.69) is 61.6 Å². The van der Waals surface area contributed by atoms with Crippen LogP contribution in [0.5, 0.6) is 0 Å². The molecule has 0 saturated carbocycles. The highest BCUT2D eigenvalue weighted by Crippen LogP contribution is 2.41. The van der Waals surface area contributed by atoms with Gasteiger partial charge in [-0.1, -0.05) is 33.9 Å². The Hall–Kier alpha value is -0.920. The van der Waals surface area contributed by atoms with Gasteiger partial charge in [-0.2, -0.15) is 0 Å². The van der Waals surface area contributed by atoms with Crippen molar-refractivity contribution in [3.8, 4) is 0 Å². The van der Waals surface area contributed by atoms with Crippen LogP contribution < -0.4 is 0 Å². The first-order valence-electron chi connectivity index (χ1n) is 6.74. The Bertz CT molecular complexity index is 352. The fraction of sp³-hybridized carbons (Fsp3) is 0.750. The van der Waals surface area contributed by atoms with Gasteiger partial charge < -0.3 is 9.47 Å². The van der Waals surface area contributed by atoms with Gasteiger partial charge in [0.1, 0.15) is 11.2 Å². The second-order valence-corrected chi connectivity index (χ2v) is 6.64. The summed E-state index contributed by atoms with van der Waals surface area (Å²) in [6.07, 6.45) is 0. The van der Waals surface area contributed by atoms with Gasteiger partial charge in [-0.3, -0.25) is 0 Å². The van der Waals surface area contributed by atoms with Crippen molar-refractivity contribution in [1.29, 1.82) is 0 Å². The average molecular weight is 252 g/mol. The maximum Gasteiger partial charge on any atom is 0.112 e. The molecule has 0 bridgehead atoms. The minimum absolute atomic E-state index is 0.117. The highest BCUT2D eigenvalue weighted by atomic mass is 16.5. The van der Waals surface area contributed by atoms with Crippen LogP contribution >= 0.6 is 0 Å².